The van der Waals surface area contributed by atoms with Crippen LogP contribution in [0.3, 0.4) is 0 Å². The quantitative estimate of drug-likeness (QED) is 0.631. The van der Waals surface area contributed by atoms with Crippen molar-refractivity contribution in [2.75, 3.05) is 14.2 Å². The van der Waals surface area contributed by atoms with Crippen LogP contribution in [0, 0.1) is 0 Å². The Morgan fingerprint density at radius 2 is 1.89 bits per heavy atom. The number of halogens is 1. The second-order valence-corrected chi connectivity index (χ2v) is 4.19. The molecular formula is C13H12ClNO4. The van der Waals surface area contributed by atoms with E-state index in [4.69, 9.17) is 25.8 Å². The van der Waals surface area contributed by atoms with Crippen LogP contribution >= 0.6 is 11.6 Å². The molecule has 1 aliphatic heterocycles. The van der Waals surface area contributed by atoms with Crippen molar-refractivity contribution in [2.45, 2.75) is 6.92 Å². The smallest absolute Gasteiger partial charge is 0.363 e. The number of methoxy groups -OCH3 is 2. The van der Waals surface area contributed by atoms with Gasteiger partial charge in [0.15, 0.2) is 23.1 Å². The summed E-state index contributed by atoms with van der Waals surface area (Å²) in [5.74, 6) is 0.852. The number of ether oxygens (including phenoxy) is 3. The molecule has 1 aliphatic rings. The topological polar surface area (TPSA) is 57.1 Å². The number of hydrogen-bond donors (Lipinski definition) is 0. The average molecular weight is 282 g/mol. The average Bonchev–Trinajstić information content (AvgIpc) is 2.69. The molecule has 0 aliphatic carbocycles. The van der Waals surface area contributed by atoms with Crippen molar-refractivity contribution in [3.63, 3.8) is 0 Å². The molecule has 0 unspecified atom stereocenters. The van der Waals surface area contributed by atoms with Gasteiger partial charge in [0.25, 0.3) is 0 Å². The van der Waals surface area contributed by atoms with Crippen molar-refractivity contribution in [1.29, 1.82) is 0 Å². The van der Waals surface area contributed by atoms with E-state index in [1.54, 1.807) is 25.1 Å². The van der Waals surface area contributed by atoms with E-state index in [0.29, 0.717) is 28.0 Å². The number of cyclic esters (lactones) is 1. The maximum atomic E-state index is 11.5. The molecule has 19 heavy (non-hydrogen) atoms. The standard InChI is InChI=1S/C13H12ClNO4/c1-7-15-10(13(16)19-7)4-8-5-11(17-2)12(18-3)6-9(8)14/h4-6H,1-3H3. The summed E-state index contributed by atoms with van der Waals surface area (Å²) in [4.78, 5) is 15.5. The van der Waals surface area contributed by atoms with Crippen LogP contribution in [0.15, 0.2) is 22.8 Å². The fourth-order valence-corrected chi connectivity index (χ4v) is 1.85. The maximum absolute atomic E-state index is 11.5. The second kappa shape index (κ2) is 5.32. The minimum Gasteiger partial charge on any atom is -0.493 e. The third-order valence-electron chi connectivity index (χ3n) is 2.52. The number of hydrogen-bond acceptors (Lipinski definition) is 5. The van der Waals surface area contributed by atoms with Gasteiger partial charge < -0.3 is 14.2 Å². The second-order valence-electron chi connectivity index (χ2n) is 3.78. The SMILES string of the molecule is COc1cc(Cl)c(C=C2N=C(C)OC2=O)cc1OC. The number of rotatable bonds is 3. The van der Waals surface area contributed by atoms with Crippen LogP contribution in [0.4, 0.5) is 0 Å². The molecule has 0 fully saturated rings. The first-order chi connectivity index (χ1) is 9.05. The van der Waals surface area contributed by atoms with Gasteiger partial charge in [-0.2, -0.15) is 0 Å². The van der Waals surface area contributed by atoms with Crippen molar-refractivity contribution in [2.24, 2.45) is 4.99 Å². The third kappa shape index (κ3) is 2.71. The molecule has 0 atom stereocenters. The molecule has 6 heteroatoms. The maximum Gasteiger partial charge on any atom is 0.363 e. The van der Waals surface area contributed by atoms with E-state index in [9.17, 15) is 4.79 Å². The molecule has 100 valence electrons. The molecule has 0 saturated carbocycles. The van der Waals surface area contributed by atoms with Crippen LogP contribution in [-0.4, -0.2) is 26.1 Å². The molecule has 1 heterocycles. The van der Waals surface area contributed by atoms with Gasteiger partial charge in [0.2, 0.25) is 0 Å². The van der Waals surface area contributed by atoms with Crippen LogP contribution in [0.5, 0.6) is 11.5 Å². The van der Waals surface area contributed by atoms with E-state index in [2.05, 4.69) is 4.99 Å². The molecule has 5 nitrogen and oxygen atoms in total. The zero-order valence-electron chi connectivity index (χ0n) is 10.7. The zero-order valence-corrected chi connectivity index (χ0v) is 11.4. The van der Waals surface area contributed by atoms with Crippen molar-refractivity contribution in [1.82, 2.24) is 0 Å². The molecule has 0 radical (unpaired) electrons. The van der Waals surface area contributed by atoms with E-state index in [1.165, 1.54) is 14.2 Å². The molecule has 0 spiro atoms. The molecule has 0 bridgehead atoms. The number of nitrogens with zero attached hydrogens (tertiary/aromatic N) is 1. The van der Waals surface area contributed by atoms with E-state index in [1.807, 2.05) is 0 Å². The van der Waals surface area contributed by atoms with E-state index < -0.39 is 5.97 Å². The predicted octanol–water partition coefficient (Wildman–Crippen LogP) is 2.67. The Bertz CT molecular complexity index is 593. The summed E-state index contributed by atoms with van der Waals surface area (Å²) in [5, 5.41) is 0.428. The number of aliphatic imine (C=N–C) groups is 1. The van der Waals surface area contributed by atoms with Crippen molar-refractivity contribution >= 4 is 29.5 Å². The first-order valence-electron chi connectivity index (χ1n) is 5.46. The Labute approximate surface area is 115 Å². The molecule has 1 aromatic carbocycles. The van der Waals surface area contributed by atoms with Crippen LogP contribution < -0.4 is 9.47 Å². The Morgan fingerprint density at radius 1 is 1.26 bits per heavy atom. The summed E-state index contributed by atoms with van der Waals surface area (Å²) in [6, 6.07) is 3.29. The highest BCUT2D eigenvalue weighted by Crippen LogP contribution is 2.34. The highest BCUT2D eigenvalue weighted by atomic mass is 35.5. The summed E-state index contributed by atoms with van der Waals surface area (Å²) in [6.07, 6.45) is 1.54. The normalized spacial score (nSPS) is 16.3. The van der Waals surface area contributed by atoms with Crippen LogP contribution in [-0.2, 0) is 9.53 Å². The third-order valence-corrected chi connectivity index (χ3v) is 2.85. The number of carbonyl (C=O) groups excluding carboxylic acids is 1. The van der Waals surface area contributed by atoms with Crippen molar-refractivity contribution in [3.05, 3.63) is 28.4 Å². The lowest BCUT2D eigenvalue weighted by molar-refractivity contribution is -0.130. The van der Waals surface area contributed by atoms with Crippen LogP contribution in [0.25, 0.3) is 6.08 Å². The Kier molecular flexibility index (Phi) is 3.76. The molecule has 1 aromatic rings. The lowest BCUT2D eigenvalue weighted by Crippen LogP contribution is -2.00. The van der Waals surface area contributed by atoms with Gasteiger partial charge in [0.1, 0.15) is 0 Å². The van der Waals surface area contributed by atoms with Gasteiger partial charge in [-0.05, 0) is 17.7 Å². The minimum atomic E-state index is -0.497. The molecule has 0 amide bonds. The van der Waals surface area contributed by atoms with E-state index in [-0.39, 0.29) is 5.70 Å². The van der Waals surface area contributed by atoms with Gasteiger partial charge in [-0.3, -0.25) is 0 Å². The molecule has 2 rings (SSSR count). The lowest BCUT2D eigenvalue weighted by Gasteiger charge is -2.09. The van der Waals surface area contributed by atoms with Crippen molar-refractivity contribution in [3.8, 4) is 11.5 Å². The Morgan fingerprint density at radius 3 is 2.42 bits per heavy atom. The van der Waals surface area contributed by atoms with Gasteiger partial charge in [-0.25, -0.2) is 9.79 Å². The number of benzene rings is 1. The van der Waals surface area contributed by atoms with Crippen LogP contribution in [0.2, 0.25) is 5.02 Å². The van der Waals surface area contributed by atoms with Gasteiger partial charge in [0, 0.05) is 13.0 Å². The number of carbonyl (C=O) groups is 1. The highest BCUT2D eigenvalue weighted by molar-refractivity contribution is 6.32. The van der Waals surface area contributed by atoms with Crippen molar-refractivity contribution < 1.29 is 19.0 Å². The van der Waals surface area contributed by atoms with E-state index in [0.717, 1.165) is 0 Å². The number of esters is 1. The Balaban J connectivity index is 2.46. The highest BCUT2D eigenvalue weighted by Gasteiger charge is 2.20. The van der Waals surface area contributed by atoms with Gasteiger partial charge in [-0.15, -0.1) is 0 Å². The van der Waals surface area contributed by atoms with Gasteiger partial charge in [0.05, 0.1) is 19.2 Å². The molecule has 0 aromatic heterocycles. The lowest BCUT2D eigenvalue weighted by atomic mass is 10.1. The summed E-state index contributed by atoms with van der Waals surface area (Å²) < 4.78 is 15.1. The first kappa shape index (κ1) is 13.4. The molecule has 0 saturated heterocycles. The monoisotopic (exact) mass is 281 g/mol. The first-order valence-corrected chi connectivity index (χ1v) is 5.83. The molecular weight excluding hydrogens is 270 g/mol. The summed E-state index contributed by atoms with van der Waals surface area (Å²) >= 11 is 6.12. The minimum absolute atomic E-state index is 0.201. The fourth-order valence-electron chi connectivity index (χ4n) is 1.64. The zero-order chi connectivity index (χ0) is 14.0. The fraction of sp³-hybridized carbons (Fsp3) is 0.231. The van der Waals surface area contributed by atoms with Crippen LogP contribution in [0.1, 0.15) is 12.5 Å². The predicted molar refractivity (Wildman–Crippen MR) is 71.7 cm³/mol. The molecule has 0 N–H and O–H groups in total. The van der Waals surface area contributed by atoms with Gasteiger partial charge in [-0.1, -0.05) is 11.6 Å². The largest absolute Gasteiger partial charge is 0.493 e. The summed E-state index contributed by atoms with van der Waals surface area (Å²) in [6.45, 7) is 1.61. The summed E-state index contributed by atoms with van der Waals surface area (Å²) in [5.41, 5.74) is 0.802. The summed E-state index contributed by atoms with van der Waals surface area (Å²) in [7, 11) is 3.04. The van der Waals surface area contributed by atoms with E-state index >= 15 is 0 Å². The van der Waals surface area contributed by atoms with Gasteiger partial charge >= 0.3 is 5.97 Å². The Hall–Kier alpha value is -2.01.